The van der Waals surface area contributed by atoms with E-state index in [0.717, 1.165) is 28.6 Å². The van der Waals surface area contributed by atoms with Crippen LogP contribution in [0.1, 0.15) is 44.3 Å². The van der Waals surface area contributed by atoms with E-state index in [0.29, 0.717) is 43.1 Å². The lowest BCUT2D eigenvalue weighted by Crippen LogP contribution is -2.29. The molecule has 7 nitrogen and oxygen atoms in total. The Hall–Kier alpha value is -3.45. The molecule has 1 aliphatic heterocycles. The number of benzene rings is 2. The van der Waals surface area contributed by atoms with Gasteiger partial charge in [-0.2, -0.15) is 0 Å². The van der Waals surface area contributed by atoms with Gasteiger partial charge in [-0.25, -0.2) is 0 Å². The quantitative estimate of drug-likeness (QED) is 0.560. The number of hydrogen-bond donors (Lipinski definition) is 1. The molecule has 0 spiro atoms. The summed E-state index contributed by atoms with van der Waals surface area (Å²) < 4.78 is 10.5. The first kappa shape index (κ1) is 22.7. The highest BCUT2D eigenvalue weighted by molar-refractivity contribution is 6.06. The fourth-order valence-electron chi connectivity index (χ4n) is 4.40. The van der Waals surface area contributed by atoms with Crippen LogP contribution in [0.4, 0.5) is 0 Å². The number of methoxy groups -OCH3 is 2. The lowest BCUT2D eigenvalue weighted by atomic mass is 9.99. The first-order valence-electron chi connectivity index (χ1n) is 11.1. The average Bonchev–Trinajstić information content (AvgIpc) is 3.33. The van der Waals surface area contributed by atoms with E-state index in [4.69, 9.17) is 14.5 Å². The number of aryl methyl sites for hydroxylation is 1. The van der Waals surface area contributed by atoms with E-state index in [2.05, 4.69) is 5.32 Å². The number of pyridine rings is 1. The number of nitrogens with zero attached hydrogens (tertiary/aromatic N) is 2. The van der Waals surface area contributed by atoms with Crippen molar-refractivity contribution in [2.45, 2.75) is 19.3 Å². The van der Waals surface area contributed by atoms with Crippen molar-refractivity contribution in [1.29, 1.82) is 0 Å². The highest BCUT2D eigenvalue weighted by Gasteiger charge is 2.31. The maximum absolute atomic E-state index is 13.2. The minimum Gasteiger partial charge on any atom is -0.496 e. The van der Waals surface area contributed by atoms with Gasteiger partial charge in [0.25, 0.3) is 11.8 Å². The number of para-hydroxylation sites is 2. The predicted octanol–water partition coefficient (Wildman–Crippen LogP) is 3.56. The largest absolute Gasteiger partial charge is 0.496 e. The molecule has 33 heavy (non-hydrogen) atoms. The number of hydrogen-bond acceptors (Lipinski definition) is 5. The third-order valence-corrected chi connectivity index (χ3v) is 6.11. The lowest BCUT2D eigenvalue weighted by molar-refractivity contribution is 0.0786. The number of carbonyl (C=O) groups is 2. The summed E-state index contributed by atoms with van der Waals surface area (Å²) in [5.74, 6) is 0.475. The number of nitrogens with one attached hydrogen (secondary N) is 1. The summed E-state index contributed by atoms with van der Waals surface area (Å²) in [4.78, 5) is 32.8. The maximum atomic E-state index is 13.2. The second-order valence-corrected chi connectivity index (χ2v) is 8.25. The van der Waals surface area contributed by atoms with Crippen LogP contribution in [0.3, 0.4) is 0 Å². The van der Waals surface area contributed by atoms with Crippen LogP contribution in [0, 0.1) is 6.92 Å². The molecule has 2 aromatic carbocycles. The van der Waals surface area contributed by atoms with Gasteiger partial charge in [0.2, 0.25) is 0 Å². The van der Waals surface area contributed by atoms with Crippen molar-refractivity contribution < 1.29 is 19.1 Å². The molecule has 1 aromatic heterocycles. The Morgan fingerprint density at radius 2 is 1.94 bits per heavy atom. The molecule has 4 rings (SSSR count). The van der Waals surface area contributed by atoms with Crippen molar-refractivity contribution in [3.63, 3.8) is 0 Å². The minimum atomic E-state index is -0.151. The van der Waals surface area contributed by atoms with Crippen LogP contribution < -0.4 is 10.1 Å². The van der Waals surface area contributed by atoms with Gasteiger partial charge in [0.15, 0.2) is 0 Å². The van der Waals surface area contributed by atoms with Gasteiger partial charge in [-0.05, 0) is 37.1 Å². The molecule has 2 heterocycles. The van der Waals surface area contributed by atoms with Crippen LogP contribution in [-0.4, -0.2) is 62.2 Å². The lowest BCUT2D eigenvalue weighted by Gasteiger charge is -2.19. The molecule has 1 atom stereocenters. The van der Waals surface area contributed by atoms with Crippen molar-refractivity contribution in [1.82, 2.24) is 15.2 Å². The molecule has 2 amide bonds. The molecule has 0 aliphatic carbocycles. The predicted molar refractivity (Wildman–Crippen MR) is 127 cm³/mol. The second-order valence-electron chi connectivity index (χ2n) is 8.25. The summed E-state index contributed by atoms with van der Waals surface area (Å²) in [7, 11) is 3.19. The Kier molecular flexibility index (Phi) is 6.89. The number of likely N-dealkylation sites (tertiary alicyclic amines) is 1. The van der Waals surface area contributed by atoms with Crippen LogP contribution >= 0.6 is 0 Å². The van der Waals surface area contributed by atoms with Gasteiger partial charge in [-0.15, -0.1) is 0 Å². The Bertz CT molecular complexity index is 1180. The van der Waals surface area contributed by atoms with Gasteiger partial charge in [-0.3, -0.25) is 14.6 Å². The fourth-order valence-corrected chi connectivity index (χ4v) is 4.40. The first-order chi connectivity index (χ1) is 16.0. The second kappa shape index (κ2) is 10.0. The summed E-state index contributed by atoms with van der Waals surface area (Å²) in [6.45, 7) is 3.99. The summed E-state index contributed by atoms with van der Waals surface area (Å²) in [5.41, 5.74) is 3.70. The Morgan fingerprint density at radius 1 is 1.12 bits per heavy atom. The SMILES string of the molecule is COCCNC(=O)c1cc(C2CCN(C(=O)c3cccc(C)c3OC)C2)nc2ccccc12. The summed E-state index contributed by atoms with van der Waals surface area (Å²) in [6, 6.07) is 15.1. The number of aromatic nitrogens is 1. The third-order valence-electron chi connectivity index (χ3n) is 6.11. The fraction of sp³-hybridized carbons (Fsp3) is 0.346. The molecule has 0 saturated carbocycles. The van der Waals surface area contributed by atoms with Gasteiger partial charge in [0.1, 0.15) is 5.75 Å². The molecular formula is C26H29N3O4. The molecule has 1 N–H and O–H groups in total. The normalized spacial score (nSPS) is 15.6. The van der Waals surface area contributed by atoms with Crippen molar-refractivity contribution in [3.05, 3.63) is 70.9 Å². The van der Waals surface area contributed by atoms with Crippen molar-refractivity contribution >= 4 is 22.7 Å². The standard InChI is InChI=1S/C26H29N3O4/c1-17-7-6-9-20(24(17)33-3)26(31)29-13-11-18(16-29)23-15-21(25(30)27-12-14-32-2)19-8-4-5-10-22(19)28-23/h4-10,15,18H,11-14,16H2,1-3H3,(H,27,30). The number of ether oxygens (including phenoxy) is 2. The Balaban J connectivity index is 1.59. The zero-order valence-electron chi connectivity index (χ0n) is 19.3. The molecule has 3 aromatic rings. The summed E-state index contributed by atoms with van der Waals surface area (Å²) >= 11 is 0. The average molecular weight is 448 g/mol. The molecule has 1 aliphatic rings. The van der Waals surface area contributed by atoms with E-state index in [1.165, 1.54) is 0 Å². The molecule has 1 unspecified atom stereocenters. The van der Waals surface area contributed by atoms with Gasteiger partial charge >= 0.3 is 0 Å². The molecule has 0 bridgehead atoms. The van der Waals surface area contributed by atoms with Crippen molar-refractivity contribution in [2.24, 2.45) is 0 Å². The van der Waals surface area contributed by atoms with Crippen LogP contribution in [0.2, 0.25) is 0 Å². The molecule has 1 saturated heterocycles. The van der Waals surface area contributed by atoms with Gasteiger partial charge < -0.3 is 19.7 Å². The van der Waals surface area contributed by atoms with E-state index >= 15 is 0 Å². The molecule has 172 valence electrons. The summed E-state index contributed by atoms with van der Waals surface area (Å²) in [5, 5.41) is 3.72. The Morgan fingerprint density at radius 3 is 2.73 bits per heavy atom. The van der Waals surface area contributed by atoms with Crippen LogP contribution in [-0.2, 0) is 4.74 Å². The van der Waals surface area contributed by atoms with E-state index < -0.39 is 0 Å². The number of amides is 2. The van der Waals surface area contributed by atoms with E-state index in [-0.39, 0.29) is 17.7 Å². The zero-order valence-corrected chi connectivity index (χ0v) is 19.3. The van der Waals surface area contributed by atoms with Gasteiger partial charge in [0, 0.05) is 43.7 Å². The maximum Gasteiger partial charge on any atom is 0.257 e. The molecule has 1 fully saturated rings. The van der Waals surface area contributed by atoms with Crippen LogP contribution in [0.5, 0.6) is 5.75 Å². The highest BCUT2D eigenvalue weighted by atomic mass is 16.5. The highest BCUT2D eigenvalue weighted by Crippen LogP contribution is 2.32. The Labute approximate surface area is 193 Å². The first-order valence-corrected chi connectivity index (χ1v) is 11.1. The topological polar surface area (TPSA) is 80.8 Å². The number of carbonyl (C=O) groups excluding carboxylic acids is 2. The van der Waals surface area contributed by atoms with E-state index in [1.807, 2.05) is 54.3 Å². The van der Waals surface area contributed by atoms with Crippen LogP contribution in [0.25, 0.3) is 10.9 Å². The van der Waals surface area contributed by atoms with E-state index in [1.54, 1.807) is 20.3 Å². The van der Waals surface area contributed by atoms with Gasteiger partial charge in [0.05, 0.1) is 30.4 Å². The summed E-state index contributed by atoms with van der Waals surface area (Å²) in [6.07, 6.45) is 0.788. The third kappa shape index (κ3) is 4.68. The van der Waals surface area contributed by atoms with Crippen LogP contribution in [0.15, 0.2) is 48.5 Å². The molecular weight excluding hydrogens is 418 g/mol. The van der Waals surface area contributed by atoms with Crippen molar-refractivity contribution in [3.8, 4) is 5.75 Å². The number of fused-ring (bicyclic) bond motifs is 1. The van der Waals surface area contributed by atoms with E-state index in [9.17, 15) is 9.59 Å². The van der Waals surface area contributed by atoms with Crippen molar-refractivity contribution in [2.75, 3.05) is 40.5 Å². The molecule has 0 radical (unpaired) electrons. The monoisotopic (exact) mass is 447 g/mol. The smallest absolute Gasteiger partial charge is 0.257 e. The van der Waals surface area contributed by atoms with Gasteiger partial charge in [-0.1, -0.05) is 30.3 Å². The number of rotatable bonds is 7. The zero-order chi connectivity index (χ0) is 23.4. The molecule has 7 heteroatoms. The minimum absolute atomic E-state index is 0.0450.